The molecule has 0 aliphatic rings. The molecule has 1 aromatic heterocycles. The molecule has 0 aliphatic heterocycles. The Balaban J connectivity index is 2.80. The van der Waals surface area contributed by atoms with Crippen LogP contribution in [0.3, 0.4) is 0 Å². The van der Waals surface area contributed by atoms with Gasteiger partial charge < -0.3 is 9.52 Å². The van der Waals surface area contributed by atoms with Gasteiger partial charge in [-0.2, -0.15) is 0 Å². The lowest BCUT2D eigenvalue weighted by Gasteiger charge is -1.92. The van der Waals surface area contributed by atoms with Crippen molar-refractivity contribution in [2.45, 2.75) is 13.5 Å². The molecule has 0 saturated heterocycles. The van der Waals surface area contributed by atoms with E-state index in [2.05, 4.69) is 4.98 Å². The van der Waals surface area contributed by atoms with Gasteiger partial charge in [-0.1, -0.05) is 6.07 Å². The van der Waals surface area contributed by atoms with Crippen molar-refractivity contribution in [1.29, 1.82) is 0 Å². The van der Waals surface area contributed by atoms with Gasteiger partial charge in [0.2, 0.25) is 5.89 Å². The molecule has 0 spiro atoms. The number of hydrogen-bond acceptors (Lipinski definition) is 3. The summed E-state index contributed by atoms with van der Waals surface area (Å²) in [5, 5.41) is 8.74. The number of aliphatic hydroxyl groups excluding tert-OH is 1. The molecule has 0 radical (unpaired) electrons. The molecule has 0 atom stereocenters. The summed E-state index contributed by atoms with van der Waals surface area (Å²) in [4.78, 5) is 3.80. The first kappa shape index (κ1) is 8.19. The van der Waals surface area contributed by atoms with Crippen molar-refractivity contribution in [2.24, 2.45) is 0 Å². The van der Waals surface area contributed by atoms with Crippen LogP contribution in [0.4, 0.5) is 4.39 Å². The van der Waals surface area contributed by atoms with Gasteiger partial charge in [-0.05, 0) is 18.6 Å². The minimum absolute atomic E-state index is 0.142. The van der Waals surface area contributed by atoms with E-state index in [1.807, 2.05) is 0 Å². The molecular weight excluding hydrogens is 173 g/mol. The van der Waals surface area contributed by atoms with Crippen molar-refractivity contribution in [3.05, 3.63) is 29.4 Å². The molecule has 2 aromatic rings. The van der Waals surface area contributed by atoms with Gasteiger partial charge >= 0.3 is 0 Å². The molecule has 2 rings (SSSR count). The van der Waals surface area contributed by atoms with E-state index in [0.717, 1.165) is 5.56 Å². The number of benzene rings is 1. The zero-order valence-electron chi connectivity index (χ0n) is 7.04. The second-order valence-corrected chi connectivity index (χ2v) is 2.81. The van der Waals surface area contributed by atoms with Crippen molar-refractivity contribution in [3.8, 4) is 0 Å². The maximum absolute atomic E-state index is 13.1. The number of nitrogens with zero attached hydrogens (tertiary/aromatic N) is 1. The monoisotopic (exact) mass is 181 g/mol. The highest BCUT2D eigenvalue weighted by Crippen LogP contribution is 2.21. The van der Waals surface area contributed by atoms with Crippen LogP contribution in [0.15, 0.2) is 16.5 Å². The summed E-state index contributed by atoms with van der Waals surface area (Å²) in [6, 6.07) is 2.95. The van der Waals surface area contributed by atoms with Crippen LogP contribution in [-0.4, -0.2) is 10.1 Å². The topological polar surface area (TPSA) is 46.3 Å². The number of aromatic nitrogens is 1. The van der Waals surface area contributed by atoms with Gasteiger partial charge in [0.1, 0.15) is 12.1 Å². The first-order valence-corrected chi connectivity index (χ1v) is 3.87. The summed E-state index contributed by atoms with van der Waals surface area (Å²) in [5.74, 6) is -0.285. The average Bonchev–Trinajstić information content (AvgIpc) is 2.56. The third-order valence-corrected chi connectivity index (χ3v) is 1.87. The molecule has 0 fully saturated rings. The lowest BCUT2D eigenvalue weighted by molar-refractivity contribution is 0.244. The van der Waals surface area contributed by atoms with Gasteiger partial charge in [0.05, 0.1) is 0 Å². The number of aliphatic hydroxyl groups is 1. The molecule has 3 nitrogen and oxygen atoms in total. The Morgan fingerprint density at radius 1 is 1.54 bits per heavy atom. The minimum atomic E-state index is -0.427. The number of halogens is 1. The van der Waals surface area contributed by atoms with E-state index in [1.54, 1.807) is 13.0 Å². The summed E-state index contributed by atoms with van der Waals surface area (Å²) in [6.07, 6.45) is 0. The molecule has 0 amide bonds. The maximum atomic E-state index is 13.1. The third-order valence-electron chi connectivity index (χ3n) is 1.87. The number of rotatable bonds is 1. The highest BCUT2D eigenvalue weighted by Gasteiger charge is 2.10. The smallest absolute Gasteiger partial charge is 0.221 e. The molecular formula is C9H8FNO2. The fourth-order valence-electron chi connectivity index (χ4n) is 1.21. The Kier molecular flexibility index (Phi) is 1.77. The summed E-state index contributed by atoms with van der Waals surface area (Å²) in [7, 11) is 0. The normalized spacial score (nSPS) is 11.0. The predicted octanol–water partition coefficient (Wildman–Crippen LogP) is 1.77. The Bertz CT molecular complexity index is 411. The zero-order chi connectivity index (χ0) is 9.42. The van der Waals surface area contributed by atoms with E-state index in [-0.39, 0.29) is 18.0 Å². The van der Waals surface area contributed by atoms with E-state index in [9.17, 15) is 4.39 Å². The number of fused-ring (bicyclic) bond motifs is 1. The maximum Gasteiger partial charge on any atom is 0.221 e. The molecule has 0 aliphatic carbocycles. The van der Waals surface area contributed by atoms with Crippen molar-refractivity contribution in [3.63, 3.8) is 0 Å². The van der Waals surface area contributed by atoms with E-state index >= 15 is 0 Å². The molecule has 0 bridgehead atoms. The van der Waals surface area contributed by atoms with Gasteiger partial charge in [0, 0.05) is 0 Å². The highest BCUT2D eigenvalue weighted by atomic mass is 19.1. The first-order valence-electron chi connectivity index (χ1n) is 3.87. The SMILES string of the molecule is Cc1ccc(F)c2nc(CO)oc12. The Morgan fingerprint density at radius 2 is 2.31 bits per heavy atom. The molecule has 0 unspecified atom stereocenters. The van der Waals surface area contributed by atoms with Crippen molar-refractivity contribution < 1.29 is 13.9 Å². The fraction of sp³-hybridized carbons (Fsp3) is 0.222. The van der Waals surface area contributed by atoms with Crippen LogP contribution in [0.2, 0.25) is 0 Å². The van der Waals surface area contributed by atoms with Crippen LogP contribution in [0.1, 0.15) is 11.5 Å². The number of hydrogen-bond donors (Lipinski definition) is 1. The average molecular weight is 181 g/mol. The summed E-state index contributed by atoms with van der Waals surface area (Å²) >= 11 is 0. The second-order valence-electron chi connectivity index (χ2n) is 2.81. The molecule has 1 N–H and O–H groups in total. The van der Waals surface area contributed by atoms with Crippen LogP contribution < -0.4 is 0 Å². The lowest BCUT2D eigenvalue weighted by Crippen LogP contribution is -1.82. The van der Waals surface area contributed by atoms with Gasteiger partial charge in [-0.25, -0.2) is 9.37 Å². The molecule has 1 aromatic carbocycles. The molecule has 1 heterocycles. The molecule has 13 heavy (non-hydrogen) atoms. The van der Waals surface area contributed by atoms with Gasteiger partial charge in [-0.15, -0.1) is 0 Å². The van der Waals surface area contributed by atoms with E-state index < -0.39 is 5.82 Å². The summed E-state index contributed by atoms with van der Waals surface area (Å²) < 4.78 is 18.2. The zero-order valence-corrected chi connectivity index (χ0v) is 7.04. The molecule has 4 heteroatoms. The molecule has 68 valence electrons. The van der Waals surface area contributed by atoms with Crippen molar-refractivity contribution in [1.82, 2.24) is 4.98 Å². The lowest BCUT2D eigenvalue weighted by atomic mass is 10.2. The van der Waals surface area contributed by atoms with Crippen molar-refractivity contribution in [2.75, 3.05) is 0 Å². The van der Waals surface area contributed by atoms with Crippen LogP contribution in [0.5, 0.6) is 0 Å². The summed E-state index contributed by atoms with van der Waals surface area (Å²) in [5.41, 5.74) is 1.40. The van der Waals surface area contributed by atoms with Crippen LogP contribution in [0.25, 0.3) is 11.1 Å². The predicted molar refractivity (Wildman–Crippen MR) is 44.6 cm³/mol. The Labute approximate surface area is 73.8 Å². The molecule has 0 saturated carbocycles. The Hall–Kier alpha value is -1.42. The van der Waals surface area contributed by atoms with Crippen molar-refractivity contribution >= 4 is 11.1 Å². The number of oxazole rings is 1. The first-order chi connectivity index (χ1) is 6.22. The van der Waals surface area contributed by atoms with E-state index in [4.69, 9.17) is 9.52 Å². The number of aryl methyl sites for hydroxylation is 1. The highest BCUT2D eigenvalue weighted by molar-refractivity contribution is 5.76. The third kappa shape index (κ3) is 1.19. The van der Waals surface area contributed by atoms with Gasteiger partial charge in [-0.3, -0.25) is 0 Å². The second kappa shape index (κ2) is 2.81. The van der Waals surface area contributed by atoms with Gasteiger partial charge in [0.15, 0.2) is 11.4 Å². The van der Waals surface area contributed by atoms with Gasteiger partial charge in [0.25, 0.3) is 0 Å². The fourth-order valence-corrected chi connectivity index (χ4v) is 1.21. The Morgan fingerprint density at radius 3 is 2.92 bits per heavy atom. The standard InChI is InChI=1S/C9H8FNO2/c1-5-2-3-6(10)8-9(5)13-7(4-12)11-8/h2-3,12H,4H2,1H3. The quantitative estimate of drug-likeness (QED) is 0.729. The van der Waals surface area contributed by atoms with E-state index in [0.29, 0.717) is 5.58 Å². The largest absolute Gasteiger partial charge is 0.438 e. The van der Waals surface area contributed by atoms with E-state index in [1.165, 1.54) is 6.07 Å². The van der Waals surface area contributed by atoms with Crippen LogP contribution >= 0.6 is 0 Å². The van der Waals surface area contributed by atoms with Crippen LogP contribution in [0, 0.1) is 12.7 Å². The van der Waals surface area contributed by atoms with Crippen LogP contribution in [-0.2, 0) is 6.61 Å². The summed E-state index contributed by atoms with van der Waals surface area (Å²) in [6.45, 7) is 1.49. The minimum Gasteiger partial charge on any atom is -0.438 e.